The van der Waals surface area contributed by atoms with E-state index in [1.807, 2.05) is 54.9 Å². The number of aromatic nitrogens is 4. The van der Waals surface area contributed by atoms with Crippen molar-refractivity contribution in [1.82, 2.24) is 19.9 Å². The predicted molar refractivity (Wildman–Crippen MR) is 206 cm³/mol. The van der Waals surface area contributed by atoms with E-state index in [2.05, 4.69) is 126 Å². The van der Waals surface area contributed by atoms with Crippen molar-refractivity contribution in [3.63, 3.8) is 0 Å². The predicted octanol–water partition coefficient (Wildman–Crippen LogP) is 10.8. The van der Waals surface area contributed by atoms with E-state index in [0.29, 0.717) is 5.82 Å². The van der Waals surface area contributed by atoms with E-state index in [9.17, 15) is 0 Å². The summed E-state index contributed by atoms with van der Waals surface area (Å²) in [7, 11) is 0. The summed E-state index contributed by atoms with van der Waals surface area (Å²) in [5.41, 5.74) is 16.0. The average Bonchev–Trinajstić information content (AvgIpc) is 3.41. The summed E-state index contributed by atoms with van der Waals surface area (Å²) in [6.45, 7) is 0. The summed E-state index contributed by atoms with van der Waals surface area (Å²) in [4.78, 5) is 19.4. The molecule has 3 aromatic heterocycles. The highest BCUT2D eigenvalue weighted by Crippen LogP contribution is 2.59. The smallest absolute Gasteiger partial charge is 0.161 e. The highest BCUT2D eigenvalue weighted by atomic mass is 14.9. The molecule has 0 bridgehead atoms. The third-order valence-electron chi connectivity index (χ3n) is 10.3. The van der Waals surface area contributed by atoms with Gasteiger partial charge < -0.3 is 0 Å². The second-order valence-corrected chi connectivity index (χ2v) is 13.1. The first-order chi connectivity index (χ1) is 25.3. The zero-order chi connectivity index (χ0) is 33.8. The molecular formula is C47H30N4. The zero-order valence-corrected chi connectivity index (χ0v) is 27.6. The van der Waals surface area contributed by atoms with Crippen molar-refractivity contribution in [2.45, 2.75) is 5.41 Å². The summed E-state index contributed by atoms with van der Waals surface area (Å²) < 4.78 is 0. The molecule has 1 spiro atoms. The lowest BCUT2D eigenvalue weighted by Gasteiger charge is -2.35. The van der Waals surface area contributed by atoms with Gasteiger partial charge in [-0.15, -0.1) is 0 Å². The van der Waals surface area contributed by atoms with Gasteiger partial charge in [0.05, 0.1) is 22.5 Å². The first kappa shape index (κ1) is 29.2. The Morgan fingerprint density at radius 2 is 1.02 bits per heavy atom. The van der Waals surface area contributed by atoms with Crippen LogP contribution < -0.4 is 0 Å². The van der Waals surface area contributed by atoms with Crippen LogP contribution in [0.4, 0.5) is 0 Å². The number of pyridine rings is 2. The van der Waals surface area contributed by atoms with Crippen molar-refractivity contribution in [3.8, 4) is 56.3 Å². The van der Waals surface area contributed by atoms with Crippen molar-refractivity contribution in [3.05, 3.63) is 204 Å². The van der Waals surface area contributed by atoms with Gasteiger partial charge in [-0.2, -0.15) is 0 Å². The minimum atomic E-state index is -0.511. The van der Waals surface area contributed by atoms with Crippen LogP contribution in [0.25, 0.3) is 68.4 Å². The topological polar surface area (TPSA) is 51.6 Å². The monoisotopic (exact) mass is 650 g/mol. The van der Waals surface area contributed by atoms with E-state index in [4.69, 9.17) is 15.0 Å². The summed E-state index contributed by atoms with van der Waals surface area (Å²) in [6, 6.07) is 53.9. The van der Waals surface area contributed by atoms with Gasteiger partial charge in [-0.25, -0.2) is 9.97 Å². The van der Waals surface area contributed by atoms with Gasteiger partial charge in [-0.05, 0) is 80.9 Å². The molecule has 238 valence electrons. The lowest BCUT2D eigenvalue weighted by molar-refractivity contribution is 0.766. The molecule has 0 atom stereocenters. The number of benzene rings is 5. The van der Waals surface area contributed by atoms with E-state index >= 15 is 0 Å². The van der Waals surface area contributed by atoms with Crippen molar-refractivity contribution >= 4 is 12.2 Å². The van der Waals surface area contributed by atoms with Crippen LogP contribution in [0.3, 0.4) is 0 Å². The van der Waals surface area contributed by atoms with Crippen molar-refractivity contribution in [2.24, 2.45) is 0 Å². The van der Waals surface area contributed by atoms with Gasteiger partial charge in [0.2, 0.25) is 0 Å². The third-order valence-corrected chi connectivity index (χ3v) is 10.3. The van der Waals surface area contributed by atoms with E-state index < -0.39 is 5.41 Å². The Morgan fingerprint density at radius 3 is 1.73 bits per heavy atom. The second-order valence-electron chi connectivity index (χ2n) is 13.1. The molecule has 0 aliphatic heterocycles. The Bertz CT molecular complexity index is 2580. The average molecular weight is 651 g/mol. The molecule has 3 heterocycles. The van der Waals surface area contributed by atoms with E-state index in [1.165, 1.54) is 44.5 Å². The van der Waals surface area contributed by atoms with Gasteiger partial charge in [-0.3, -0.25) is 9.97 Å². The Morgan fingerprint density at radius 1 is 0.392 bits per heavy atom. The molecule has 4 nitrogen and oxygen atoms in total. The molecule has 0 unspecified atom stereocenters. The first-order valence-electron chi connectivity index (χ1n) is 17.2. The Balaban J connectivity index is 1.20. The number of nitrogens with zero attached hydrogens (tertiary/aromatic N) is 4. The lowest BCUT2D eigenvalue weighted by Crippen LogP contribution is -2.30. The quantitative estimate of drug-likeness (QED) is 0.190. The highest BCUT2D eigenvalue weighted by Gasteiger charge is 2.48. The molecule has 8 aromatic rings. The Hall–Kier alpha value is -6.78. The molecule has 0 fully saturated rings. The highest BCUT2D eigenvalue weighted by molar-refractivity contribution is 5.92. The minimum Gasteiger partial charge on any atom is -0.264 e. The van der Waals surface area contributed by atoms with Crippen molar-refractivity contribution < 1.29 is 0 Å². The molecular weight excluding hydrogens is 621 g/mol. The maximum absolute atomic E-state index is 5.24. The summed E-state index contributed by atoms with van der Waals surface area (Å²) >= 11 is 0. The Kier molecular flexibility index (Phi) is 6.68. The van der Waals surface area contributed by atoms with Crippen LogP contribution in [0.1, 0.15) is 33.4 Å². The van der Waals surface area contributed by atoms with Crippen LogP contribution in [0.15, 0.2) is 170 Å². The van der Waals surface area contributed by atoms with Crippen LogP contribution in [0.5, 0.6) is 0 Å². The number of hydrogen-bond acceptors (Lipinski definition) is 4. The maximum atomic E-state index is 5.24. The second kappa shape index (κ2) is 11.7. The summed E-state index contributed by atoms with van der Waals surface area (Å²) in [6.07, 6.45) is 9.99. The maximum Gasteiger partial charge on any atom is 0.161 e. The number of rotatable bonds is 4. The normalized spacial score (nSPS) is 13.2. The van der Waals surface area contributed by atoms with Gasteiger partial charge >= 0.3 is 0 Å². The molecule has 0 N–H and O–H groups in total. The van der Waals surface area contributed by atoms with Crippen LogP contribution in [-0.2, 0) is 5.41 Å². The molecule has 4 heteroatoms. The molecule has 0 radical (unpaired) electrons. The van der Waals surface area contributed by atoms with Crippen LogP contribution in [-0.4, -0.2) is 19.9 Å². The SMILES string of the molecule is C1=Cc2ccccc2C2(c3ccccc31)c1ccccc1-c1ccc(-c3cc(-c4ccccc4)nc(-c4ccc(-c5cccnc5)nc4)n3)cc12. The summed E-state index contributed by atoms with van der Waals surface area (Å²) in [5.74, 6) is 0.629. The van der Waals surface area contributed by atoms with Crippen molar-refractivity contribution in [2.75, 3.05) is 0 Å². The van der Waals surface area contributed by atoms with Gasteiger partial charge in [0.25, 0.3) is 0 Å². The van der Waals surface area contributed by atoms with Crippen LogP contribution >= 0.6 is 0 Å². The fourth-order valence-electron chi connectivity index (χ4n) is 8.00. The van der Waals surface area contributed by atoms with Gasteiger partial charge in [0, 0.05) is 40.8 Å². The molecule has 51 heavy (non-hydrogen) atoms. The van der Waals surface area contributed by atoms with Gasteiger partial charge in [-0.1, -0.05) is 127 Å². The molecule has 0 amide bonds. The lowest BCUT2D eigenvalue weighted by atomic mass is 9.66. The number of fused-ring (bicyclic) bond motifs is 9. The van der Waals surface area contributed by atoms with Gasteiger partial charge in [0.1, 0.15) is 0 Å². The minimum absolute atomic E-state index is 0.511. The van der Waals surface area contributed by atoms with Gasteiger partial charge in [0.15, 0.2) is 5.82 Å². The van der Waals surface area contributed by atoms with E-state index in [0.717, 1.165) is 39.3 Å². The van der Waals surface area contributed by atoms with E-state index in [-0.39, 0.29) is 0 Å². The largest absolute Gasteiger partial charge is 0.264 e. The van der Waals surface area contributed by atoms with Crippen molar-refractivity contribution in [1.29, 1.82) is 0 Å². The zero-order valence-electron chi connectivity index (χ0n) is 27.6. The molecule has 5 aromatic carbocycles. The molecule has 0 saturated carbocycles. The molecule has 0 saturated heterocycles. The van der Waals surface area contributed by atoms with E-state index in [1.54, 1.807) is 6.20 Å². The molecule has 2 aliphatic carbocycles. The van der Waals surface area contributed by atoms with Crippen LogP contribution in [0.2, 0.25) is 0 Å². The number of hydrogen-bond donors (Lipinski definition) is 0. The summed E-state index contributed by atoms with van der Waals surface area (Å²) in [5, 5.41) is 0. The Labute approximate surface area is 296 Å². The molecule has 10 rings (SSSR count). The fourth-order valence-corrected chi connectivity index (χ4v) is 8.00. The standard InChI is InChI=1S/C47H30N4/c1-2-13-33(14-3-1)44-28-45(51-46(50-44)36-23-25-43(49-30-36)35-15-10-26-48-29-35)34-22-24-38-37-16-6-9-19-41(37)47(42(38)27-34)39-17-7-4-11-31(39)20-21-32-12-5-8-18-40(32)47/h1-30H. The molecule has 2 aliphatic rings. The third kappa shape index (κ3) is 4.61. The fraction of sp³-hybridized carbons (Fsp3) is 0.0213. The first-order valence-corrected chi connectivity index (χ1v) is 17.2. The van der Waals surface area contributed by atoms with Crippen LogP contribution in [0, 0.1) is 0 Å².